The second kappa shape index (κ2) is 10.4. The molecule has 158 valence electrons. The minimum atomic E-state index is -0.728. The summed E-state index contributed by atoms with van der Waals surface area (Å²) in [7, 11) is 0. The molecule has 2 heterocycles. The van der Waals surface area contributed by atoms with Crippen molar-refractivity contribution in [1.29, 1.82) is 0 Å². The number of nitrogens with zero attached hydrogens (tertiary/aromatic N) is 2. The zero-order valence-corrected chi connectivity index (χ0v) is 15.8. The number of carbonyl (C=O) groups excluding carboxylic acids is 3. The third-order valence-electron chi connectivity index (χ3n) is 4.83. The molecule has 2 fully saturated rings. The third-order valence-corrected chi connectivity index (χ3v) is 4.83. The van der Waals surface area contributed by atoms with Crippen LogP contribution in [0.3, 0.4) is 0 Å². The third kappa shape index (κ3) is 6.14. The molecule has 2 aliphatic rings. The molecular formula is C18H25N5O6. The van der Waals surface area contributed by atoms with Crippen LogP contribution in [0.15, 0.2) is 18.2 Å². The SMILES string of the molecule is Nc1cccc(C(=O)N[C@@H]2C[C@@H](C(=O)N3CCNC(=O)C3)CC[C@H]2O)n1.O=CO. The van der Waals surface area contributed by atoms with Crippen LogP contribution >= 0.6 is 0 Å². The Morgan fingerprint density at radius 2 is 2.07 bits per heavy atom. The predicted molar refractivity (Wildman–Crippen MR) is 102 cm³/mol. The first-order chi connectivity index (χ1) is 13.8. The van der Waals surface area contributed by atoms with E-state index < -0.39 is 18.1 Å². The molecule has 0 aromatic carbocycles. The van der Waals surface area contributed by atoms with Gasteiger partial charge in [0.2, 0.25) is 11.8 Å². The first-order valence-corrected chi connectivity index (χ1v) is 9.20. The van der Waals surface area contributed by atoms with Crippen LogP contribution in [0.2, 0.25) is 0 Å². The van der Waals surface area contributed by atoms with E-state index in [1.165, 1.54) is 6.07 Å². The van der Waals surface area contributed by atoms with Crippen LogP contribution in [0.25, 0.3) is 0 Å². The van der Waals surface area contributed by atoms with Gasteiger partial charge in [-0.15, -0.1) is 0 Å². The van der Waals surface area contributed by atoms with Gasteiger partial charge in [-0.2, -0.15) is 0 Å². The van der Waals surface area contributed by atoms with Crippen LogP contribution < -0.4 is 16.4 Å². The lowest BCUT2D eigenvalue weighted by Gasteiger charge is -2.36. The van der Waals surface area contributed by atoms with Crippen molar-refractivity contribution in [3.63, 3.8) is 0 Å². The number of nitrogens with two attached hydrogens (primary N) is 1. The maximum Gasteiger partial charge on any atom is 0.290 e. The van der Waals surface area contributed by atoms with Gasteiger partial charge < -0.3 is 31.5 Å². The highest BCUT2D eigenvalue weighted by Crippen LogP contribution is 2.27. The molecule has 1 aliphatic carbocycles. The van der Waals surface area contributed by atoms with Crippen LogP contribution in [0.1, 0.15) is 29.8 Å². The number of nitrogen functional groups attached to an aromatic ring is 1. The smallest absolute Gasteiger partial charge is 0.290 e. The normalized spacial score (nSPS) is 23.8. The van der Waals surface area contributed by atoms with Crippen LogP contribution in [0.4, 0.5) is 5.82 Å². The lowest BCUT2D eigenvalue weighted by molar-refractivity contribution is -0.143. The molecular weight excluding hydrogens is 382 g/mol. The maximum atomic E-state index is 12.7. The Bertz CT molecular complexity index is 758. The van der Waals surface area contributed by atoms with Crippen molar-refractivity contribution in [1.82, 2.24) is 20.5 Å². The second-order valence-electron chi connectivity index (χ2n) is 6.82. The molecule has 1 aromatic heterocycles. The van der Waals surface area contributed by atoms with Gasteiger partial charge in [-0.25, -0.2) is 4.98 Å². The van der Waals surface area contributed by atoms with Gasteiger partial charge >= 0.3 is 0 Å². The van der Waals surface area contributed by atoms with Gasteiger partial charge in [-0.05, 0) is 31.4 Å². The zero-order chi connectivity index (χ0) is 21.4. The highest BCUT2D eigenvalue weighted by atomic mass is 16.3. The Morgan fingerprint density at radius 1 is 1.34 bits per heavy atom. The zero-order valence-electron chi connectivity index (χ0n) is 15.8. The highest BCUT2D eigenvalue weighted by molar-refractivity contribution is 5.93. The quantitative estimate of drug-likeness (QED) is 0.379. The van der Waals surface area contributed by atoms with Gasteiger partial charge in [0.05, 0.1) is 18.7 Å². The topological polar surface area (TPSA) is 175 Å². The molecule has 0 bridgehead atoms. The second-order valence-corrected chi connectivity index (χ2v) is 6.82. The Hall–Kier alpha value is -3.21. The summed E-state index contributed by atoms with van der Waals surface area (Å²) < 4.78 is 0. The molecule has 6 N–H and O–H groups in total. The van der Waals surface area contributed by atoms with Crippen molar-refractivity contribution in [3.05, 3.63) is 23.9 Å². The molecule has 11 nitrogen and oxygen atoms in total. The molecule has 29 heavy (non-hydrogen) atoms. The van der Waals surface area contributed by atoms with Gasteiger partial charge in [0.1, 0.15) is 11.5 Å². The summed E-state index contributed by atoms with van der Waals surface area (Å²) in [5.74, 6) is -0.806. The van der Waals surface area contributed by atoms with E-state index in [1.807, 2.05) is 0 Å². The van der Waals surface area contributed by atoms with Crippen LogP contribution in [-0.4, -0.2) is 76.1 Å². The summed E-state index contributed by atoms with van der Waals surface area (Å²) in [6.07, 6.45) is 0.535. The average molecular weight is 407 g/mol. The van der Waals surface area contributed by atoms with Gasteiger partial charge in [-0.1, -0.05) is 6.07 Å². The maximum absolute atomic E-state index is 12.7. The molecule has 1 saturated carbocycles. The summed E-state index contributed by atoms with van der Waals surface area (Å²) in [5, 5.41) is 22.6. The van der Waals surface area contributed by atoms with Gasteiger partial charge in [-0.3, -0.25) is 19.2 Å². The minimum absolute atomic E-state index is 0.0577. The van der Waals surface area contributed by atoms with Crippen LogP contribution in [0.5, 0.6) is 0 Å². The molecule has 1 saturated heterocycles. The average Bonchev–Trinajstić information content (AvgIpc) is 2.69. The first kappa shape index (κ1) is 22.1. The fourth-order valence-electron chi connectivity index (χ4n) is 3.44. The number of rotatable bonds is 3. The number of aliphatic hydroxyl groups is 1. The number of pyridine rings is 1. The number of carbonyl (C=O) groups is 4. The highest BCUT2D eigenvalue weighted by Gasteiger charge is 2.36. The summed E-state index contributed by atoms with van der Waals surface area (Å²) >= 11 is 0. The standard InChI is InChI=1S/C17H23N5O4.CH2O2/c18-14-3-1-2-11(20-14)16(25)21-12-8-10(4-5-13(12)23)17(26)22-7-6-19-15(24)9-22;2-1-3/h1-3,10,12-13,23H,4-9H2,(H2,18,20)(H,19,24)(H,21,25);1H,(H,2,3)/t10-,12+,13+;/m0./s1. The van der Waals surface area contributed by atoms with Crippen LogP contribution in [-0.2, 0) is 14.4 Å². The van der Waals surface area contributed by atoms with Gasteiger partial charge in [0.25, 0.3) is 12.4 Å². The van der Waals surface area contributed by atoms with Crippen molar-refractivity contribution < 1.29 is 29.4 Å². The molecule has 0 radical (unpaired) electrons. The fourth-order valence-corrected chi connectivity index (χ4v) is 3.44. The van der Waals surface area contributed by atoms with E-state index >= 15 is 0 Å². The molecule has 0 spiro atoms. The summed E-state index contributed by atoms with van der Waals surface area (Å²) in [6.45, 7) is 0.733. The summed E-state index contributed by atoms with van der Waals surface area (Å²) in [6, 6.07) is 4.19. The van der Waals surface area contributed by atoms with Crippen molar-refractivity contribution in [2.24, 2.45) is 5.92 Å². The number of anilines is 1. The van der Waals surface area contributed by atoms with Crippen molar-refractivity contribution in [2.75, 3.05) is 25.4 Å². The first-order valence-electron chi connectivity index (χ1n) is 9.20. The van der Waals surface area contributed by atoms with Crippen LogP contribution in [0, 0.1) is 5.92 Å². The van der Waals surface area contributed by atoms with E-state index in [-0.39, 0.29) is 42.3 Å². The number of amides is 3. The monoisotopic (exact) mass is 407 g/mol. The predicted octanol–water partition coefficient (Wildman–Crippen LogP) is -1.42. The van der Waals surface area contributed by atoms with Crippen molar-refractivity contribution in [2.45, 2.75) is 31.4 Å². The molecule has 1 aromatic rings. The van der Waals surface area contributed by atoms with Gasteiger partial charge in [0.15, 0.2) is 0 Å². The van der Waals surface area contributed by atoms with Crippen molar-refractivity contribution in [3.8, 4) is 0 Å². The lowest BCUT2D eigenvalue weighted by atomic mass is 9.82. The molecule has 0 unspecified atom stereocenters. The largest absolute Gasteiger partial charge is 0.483 e. The van der Waals surface area contributed by atoms with Gasteiger partial charge in [0, 0.05) is 19.0 Å². The molecule has 3 rings (SSSR count). The van der Waals surface area contributed by atoms with E-state index in [2.05, 4.69) is 15.6 Å². The number of aliphatic hydroxyl groups excluding tert-OH is 1. The van der Waals surface area contributed by atoms with E-state index in [9.17, 15) is 19.5 Å². The number of carboxylic acid groups (broad SMARTS) is 1. The Morgan fingerprint density at radius 3 is 2.72 bits per heavy atom. The summed E-state index contributed by atoms with van der Waals surface area (Å²) in [4.78, 5) is 50.4. The Labute approximate surface area is 167 Å². The summed E-state index contributed by atoms with van der Waals surface area (Å²) in [5.41, 5.74) is 5.75. The van der Waals surface area contributed by atoms with E-state index in [0.29, 0.717) is 32.4 Å². The Kier molecular flexibility index (Phi) is 7.89. The van der Waals surface area contributed by atoms with E-state index in [1.54, 1.807) is 17.0 Å². The fraction of sp³-hybridized carbons (Fsp3) is 0.500. The van der Waals surface area contributed by atoms with E-state index in [0.717, 1.165) is 0 Å². The Balaban J connectivity index is 0.000000941. The molecule has 1 aliphatic heterocycles. The molecule has 3 amide bonds. The minimum Gasteiger partial charge on any atom is -0.483 e. The number of aromatic nitrogens is 1. The van der Waals surface area contributed by atoms with Crippen molar-refractivity contribution >= 4 is 30.0 Å². The number of hydrogen-bond donors (Lipinski definition) is 5. The number of hydrogen-bond acceptors (Lipinski definition) is 7. The number of piperazine rings is 1. The van der Waals surface area contributed by atoms with E-state index in [4.69, 9.17) is 15.6 Å². The molecule has 11 heteroatoms. The lowest BCUT2D eigenvalue weighted by Crippen LogP contribution is -2.54. The number of nitrogens with one attached hydrogen (secondary N) is 2. The molecule has 3 atom stereocenters.